The Bertz CT molecular complexity index is 369. The van der Waals surface area contributed by atoms with E-state index in [1.54, 1.807) is 6.92 Å². The van der Waals surface area contributed by atoms with Gasteiger partial charge < -0.3 is 4.74 Å². The highest BCUT2D eigenvalue weighted by atomic mass is 16.6. The summed E-state index contributed by atoms with van der Waals surface area (Å²) in [4.78, 5) is 11.9. The molecule has 0 spiro atoms. The van der Waals surface area contributed by atoms with Crippen LogP contribution in [-0.2, 0) is 9.53 Å². The summed E-state index contributed by atoms with van der Waals surface area (Å²) in [5.74, 6) is 3.13. The molecular formula is C16H24O2. The van der Waals surface area contributed by atoms with Crippen molar-refractivity contribution in [3.8, 4) is 0 Å². The third-order valence-electron chi connectivity index (χ3n) is 5.54. The average molecular weight is 248 g/mol. The van der Waals surface area contributed by atoms with Crippen LogP contribution >= 0.6 is 0 Å². The lowest BCUT2D eigenvalue weighted by atomic mass is 9.49. The molecule has 4 fully saturated rings. The van der Waals surface area contributed by atoms with Crippen LogP contribution in [0.1, 0.15) is 52.4 Å². The van der Waals surface area contributed by atoms with Crippen LogP contribution in [-0.4, -0.2) is 11.6 Å². The number of carbonyl (C=O) groups excluding carboxylic acids is 1. The molecule has 0 aromatic rings. The van der Waals surface area contributed by atoms with E-state index in [1.807, 2.05) is 0 Å². The number of esters is 1. The first-order valence-electron chi connectivity index (χ1n) is 7.42. The molecular weight excluding hydrogens is 224 g/mol. The fourth-order valence-electron chi connectivity index (χ4n) is 5.13. The summed E-state index contributed by atoms with van der Waals surface area (Å²) in [5.41, 5.74) is 0.413. The molecule has 100 valence electrons. The molecule has 18 heavy (non-hydrogen) atoms. The van der Waals surface area contributed by atoms with Crippen molar-refractivity contribution in [2.45, 2.75) is 58.0 Å². The van der Waals surface area contributed by atoms with Gasteiger partial charge in [0.1, 0.15) is 5.60 Å². The van der Waals surface area contributed by atoms with Gasteiger partial charge >= 0.3 is 5.97 Å². The highest BCUT2D eigenvalue weighted by molar-refractivity contribution is 5.87. The molecule has 4 aliphatic carbocycles. The van der Waals surface area contributed by atoms with Gasteiger partial charge in [0.2, 0.25) is 0 Å². The molecule has 4 rings (SSSR count). The van der Waals surface area contributed by atoms with Crippen LogP contribution in [0.2, 0.25) is 0 Å². The summed E-state index contributed by atoms with van der Waals surface area (Å²) in [6, 6.07) is 0. The molecule has 0 N–H and O–H groups in total. The van der Waals surface area contributed by atoms with Gasteiger partial charge in [-0.15, -0.1) is 0 Å². The third kappa shape index (κ3) is 1.81. The van der Waals surface area contributed by atoms with E-state index in [2.05, 4.69) is 13.5 Å². The van der Waals surface area contributed by atoms with Gasteiger partial charge in [-0.1, -0.05) is 19.9 Å². The Morgan fingerprint density at radius 3 is 2.39 bits per heavy atom. The topological polar surface area (TPSA) is 26.3 Å². The van der Waals surface area contributed by atoms with Crippen LogP contribution in [0.3, 0.4) is 0 Å². The minimum atomic E-state index is -0.176. The van der Waals surface area contributed by atoms with Crippen molar-refractivity contribution in [3.05, 3.63) is 12.2 Å². The van der Waals surface area contributed by atoms with Crippen LogP contribution in [0.4, 0.5) is 0 Å². The number of hydrogen-bond acceptors (Lipinski definition) is 2. The van der Waals surface area contributed by atoms with Crippen LogP contribution in [0.5, 0.6) is 0 Å². The van der Waals surface area contributed by atoms with Crippen molar-refractivity contribution >= 4 is 5.97 Å². The maximum atomic E-state index is 11.9. The Balaban J connectivity index is 1.79. The van der Waals surface area contributed by atoms with Gasteiger partial charge in [0.25, 0.3) is 0 Å². The van der Waals surface area contributed by atoms with Gasteiger partial charge in [0, 0.05) is 5.57 Å². The minimum absolute atomic E-state index is 0.127. The lowest BCUT2D eigenvalue weighted by Gasteiger charge is -2.59. The lowest BCUT2D eigenvalue weighted by molar-refractivity contribution is -0.192. The zero-order valence-corrected chi connectivity index (χ0v) is 11.6. The monoisotopic (exact) mass is 248 g/mol. The quantitative estimate of drug-likeness (QED) is 0.562. The highest BCUT2D eigenvalue weighted by Crippen LogP contribution is 2.60. The number of rotatable bonds is 3. The second-order valence-electron chi connectivity index (χ2n) is 6.89. The molecule has 0 radical (unpaired) electrons. The fourth-order valence-corrected chi connectivity index (χ4v) is 5.13. The molecule has 0 aliphatic heterocycles. The number of hydrogen-bond donors (Lipinski definition) is 0. The van der Waals surface area contributed by atoms with Crippen LogP contribution in [0.15, 0.2) is 12.2 Å². The highest BCUT2D eigenvalue weighted by Gasteiger charge is 2.56. The molecule has 2 unspecified atom stereocenters. The molecule has 4 saturated carbocycles. The Morgan fingerprint density at radius 2 is 1.89 bits per heavy atom. The predicted molar refractivity (Wildman–Crippen MR) is 71.0 cm³/mol. The minimum Gasteiger partial charge on any atom is -0.456 e. The second-order valence-corrected chi connectivity index (χ2v) is 6.89. The third-order valence-corrected chi connectivity index (χ3v) is 5.54. The summed E-state index contributed by atoms with van der Waals surface area (Å²) in [6.07, 6.45) is 7.37. The molecule has 0 amide bonds. The Kier molecular flexibility index (Phi) is 2.80. The smallest absolute Gasteiger partial charge is 0.333 e. The first kappa shape index (κ1) is 12.3. The summed E-state index contributed by atoms with van der Waals surface area (Å²) in [6.45, 7) is 7.78. The van der Waals surface area contributed by atoms with Crippen LogP contribution < -0.4 is 0 Å². The zero-order valence-electron chi connectivity index (χ0n) is 11.6. The summed E-state index contributed by atoms with van der Waals surface area (Å²) < 4.78 is 5.87. The van der Waals surface area contributed by atoms with Crippen molar-refractivity contribution < 1.29 is 9.53 Å². The molecule has 4 bridgehead atoms. The molecule has 0 heterocycles. The maximum absolute atomic E-state index is 11.9. The Morgan fingerprint density at radius 1 is 1.28 bits per heavy atom. The first-order valence-corrected chi connectivity index (χ1v) is 7.42. The Labute approximate surface area is 110 Å². The van der Waals surface area contributed by atoms with E-state index in [9.17, 15) is 4.79 Å². The van der Waals surface area contributed by atoms with E-state index < -0.39 is 0 Å². The molecule has 4 aliphatic rings. The van der Waals surface area contributed by atoms with Crippen molar-refractivity contribution in [1.29, 1.82) is 0 Å². The van der Waals surface area contributed by atoms with Crippen LogP contribution in [0, 0.1) is 23.7 Å². The molecule has 2 heteroatoms. The molecule has 0 aromatic carbocycles. The van der Waals surface area contributed by atoms with Gasteiger partial charge in [0.05, 0.1) is 0 Å². The van der Waals surface area contributed by atoms with Crippen molar-refractivity contribution in [3.63, 3.8) is 0 Å². The van der Waals surface area contributed by atoms with Crippen molar-refractivity contribution in [2.75, 3.05) is 0 Å². The molecule has 2 atom stereocenters. The van der Waals surface area contributed by atoms with E-state index >= 15 is 0 Å². The van der Waals surface area contributed by atoms with E-state index in [0.29, 0.717) is 5.57 Å². The average Bonchev–Trinajstić information content (AvgIpc) is 2.27. The van der Waals surface area contributed by atoms with Crippen molar-refractivity contribution in [1.82, 2.24) is 0 Å². The first-order chi connectivity index (χ1) is 8.53. The molecule has 2 nitrogen and oxygen atoms in total. The number of carbonyl (C=O) groups is 1. The van der Waals surface area contributed by atoms with E-state index in [0.717, 1.165) is 42.9 Å². The standard InChI is InChI=1S/C16H24O2/c1-4-14-12-5-11-6-13(14)9-16(7-11,8-12)18-15(17)10(2)3/h11-14H,2,4-9H2,1,3H3. The largest absolute Gasteiger partial charge is 0.456 e. The van der Waals surface area contributed by atoms with E-state index in [-0.39, 0.29) is 11.6 Å². The Hall–Kier alpha value is -0.790. The van der Waals surface area contributed by atoms with Gasteiger partial charge in [0.15, 0.2) is 0 Å². The predicted octanol–water partition coefficient (Wildman–Crippen LogP) is 3.71. The maximum Gasteiger partial charge on any atom is 0.333 e. The lowest BCUT2D eigenvalue weighted by Crippen LogP contribution is -2.56. The SMILES string of the molecule is C=C(C)C(=O)OC12CC3CC(C1)C(CC)C(C3)C2. The normalized spacial score (nSPS) is 45.0. The zero-order chi connectivity index (χ0) is 12.9. The van der Waals surface area contributed by atoms with Crippen LogP contribution in [0.25, 0.3) is 0 Å². The summed E-state index contributed by atoms with van der Waals surface area (Å²) in [5, 5.41) is 0. The second kappa shape index (κ2) is 4.11. The van der Waals surface area contributed by atoms with Gasteiger partial charge in [-0.05, 0) is 62.7 Å². The molecule has 0 saturated heterocycles. The molecule has 0 aromatic heterocycles. The number of ether oxygens (including phenoxy) is 1. The van der Waals surface area contributed by atoms with Gasteiger partial charge in [-0.3, -0.25) is 0 Å². The summed E-state index contributed by atoms with van der Waals surface area (Å²) >= 11 is 0. The summed E-state index contributed by atoms with van der Waals surface area (Å²) in [7, 11) is 0. The van der Waals surface area contributed by atoms with E-state index in [4.69, 9.17) is 4.74 Å². The van der Waals surface area contributed by atoms with Gasteiger partial charge in [-0.2, -0.15) is 0 Å². The van der Waals surface area contributed by atoms with Gasteiger partial charge in [-0.25, -0.2) is 4.79 Å². The fraction of sp³-hybridized carbons (Fsp3) is 0.812. The van der Waals surface area contributed by atoms with E-state index in [1.165, 1.54) is 19.3 Å². The van der Waals surface area contributed by atoms with Crippen molar-refractivity contribution in [2.24, 2.45) is 23.7 Å².